The number of hydrazine groups is 1. The minimum absolute atomic E-state index is 0.00276. The first kappa shape index (κ1) is 24.7. The molecule has 7 nitrogen and oxygen atoms in total. The fourth-order valence-corrected chi connectivity index (χ4v) is 5.48. The minimum Gasteiger partial charge on any atom is -0.508 e. The van der Waals surface area contributed by atoms with E-state index < -0.39 is 15.7 Å². The number of phenols is 1. The monoisotopic (exact) mass is 491 g/mol. The van der Waals surface area contributed by atoms with Gasteiger partial charge in [-0.3, -0.25) is 4.90 Å². The van der Waals surface area contributed by atoms with Crippen molar-refractivity contribution in [1.82, 2.24) is 14.6 Å². The zero-order valence-corrected chi connectivity index (χ0v) is 20.9. The van der Waals surface area contributed by atoms with E-state index in [1.807, 2.05) is 32.8 Å². The summed E-state index contributed by atoms with van der Waals surface area (Å²) < 4.78 is 15.7. The summed E-state index contributed by atoms with van der Waals surface area (Å²) in [5, 5.41) is 13.1. The zero-order chi connectivity index (χ0) is 22.9. The maximum atomic E-state index is 12.9. The van der Waals surface area contributed by atoms with Gasteiger partial charge in [-0.15, -0.1) is 5.01 Å². The highest BCUT2D eigenvalue weighted by molar-refractivity contribution is 7.84. The van der Waals surface area contributed by atoms with Gasteiger partial charge in [0.05, 0.1) is 56.4 Å². The molecule has 0 radical (unpaired) electrons. The smallest absolute Gasteiger partial charge is 0.248 e. The Hall–Kier alpha value is -0.930. The number of hydrogen-bond donors (Lipinski definition) is 2. The van der Waals surface area contributed by atoms with Crippen LogP contribution in [0.3, 0.4) is 0 Å². The summed E-state index contributed by atoms with van der Waals surface area (Å²) in [6.45, 7) is 8.68. The number of phenolic OH excluding ortho intramolecular Hbond substituents is 1. The average Bonchev–Trinajstić information content (AvgIpc) is 3.14. The van der Waals surface area contributed by atoms with Gasteiger partial charge in [0.25, 0.3) is 0 Å². The van der Waals surface area contributed by atoms with Crippen molar-refractivity contribution in [2.75, 3.05) is 33.2 Å². The molecule has 1 aromatic carbocycles. The number of rotatable bonds is 6. The van der Waals surface area contributed by atoms with E-state index in [9.17, 15) is 14.2 Å². The van der Waals surface area contributed by atoms with E-state index >= 15 is 0 Å². The maximum absolute atomic E-state index is 12.9. The Morgan fingerprint density at radius 2 is 1.77 bits per heavy atom. The molecule has 174 valence electrons. The molecule has 31 heavy (non-hydrogen) atoms. The quantitative estimate of drug-likeness (QED) is 0.590. The molecular formula is C21H33Cl2N4O3S+. The lowest BCUT2D eigenvalue weighted by Gasteiger charge is -2.35. The number of nitrogens with one attached hydrogen (secondary N) is 1. The second-order valence-electron chi connectivity index (χ2n) is 9.60. The van der Waals surface area contributed by atoms with Crippen molar-refractivity contribution in [3.05, 3.63) is 32.6 Å². The number of nitroso groups, excluding NO2 is 1. The highest BCUT2D eigenvalue weighted by atomic mass is 35.5. The van der Waals surface area contributed by atoms with Crippen LogP contribution in [0.15, 0.2) is 12.1 Å². The number of likely N-dealkylation sites (N-methyl/N-ethyl adjacent to an activating group) is 1. The van der Waals surface area contributed by atoms with E-state index in [2.05, 4.69) is 9.62 Å². The van der Waals surface area contributed by atoms with Gasteiger partial charge in [0.1, 0.15) is 10.6 Å². The third-order valence-electron chi connectivity index (χ3n) is 6.14. The van der Waals surface area contributed by atoms with Crippen LogP contribution in [0.25, 0.3) is 0 Å². The Labute approximate surface area is 197 Å². The van der Waals surface area contributed by atoms with Gasteiger partial charge in [0.2, 0.25) is 6.04 Å². The molecule has 0 aromatic heterocycles. The molecule has 0 spiro atoms. The number of hydrogen-bond acceptors (Lipinski definition) is 4. The predicted octanol–water partition coefficient (Wildman–Crippen LogP) is 3.90. The molecule has 1 aromatic rings. The topological polar surface area (TPSA) is 75.9 Å². The van der Waals surface area contributed by atoms with Gasteiger partial charge in [0.15, 0.2) is 0 Å². The van der Waals surface area contributed by atoms with Crippen LogP contribution in [0.2, 0.25) is 10.0 Å². The van der Waals surface area contributed by atoms with E-state index in [1.54, 1.807) is 6.07 Å². The predicted molar refractivity (Wildman–Crippen MR) is 126 cm³/mol. The summed E-state index contributed by atoms with van der Waals surface area (Å²) in [4.78, 5) is 16.2. The van der Waals surface area contributed by atoms with Gasteiger partial charge in [-0.1, -0.05) is 23.2 Å². The maximum Gasteiger partial charge on any atom is 0.248 e. The molecular weight excluding hydrogens is 459 g/mol. The summed E-state index contributed by atoms with van der Waals surface area (Å²) in [5.41, 5.74) is 0.585. The summed E-state index contributed by atoms with van der Waals surface area (Å²) in [6, 6.07) is 2.72. The molecule has 0 saturated carbocycles. The van der Waals surface area contributed by atoms with E-state index in [0.717, 1.165) is 37.2 Å². The average molecular weight is 492 g/mol. The molecule has 1 unspecified atom stereocenters. The molecule has 2 aliphatic rings. The van der Waals surface area contributed by atoms with Crippen LogP contribution in [0.1, 0.15) is 51.6 Å². The molecule has 2 saturated heterocycles. The Kier molecular flexibility index (Phi) is 7.90. The summed E-state index contributed by atoms with van der Waals surface area (Å²) in [5.74, 6) is 0.116. The molecule has 2 aliphatic heterocycles. The molecule has 10 heteroatoms. The number of aromatic hydroxyl groups is 1. The van der Waals surface area contributed by atoms with Crippen molar-refractivity contribution in [2.45, 2.75) is 56.9 Å². The van der Waals surface area contributed by atoms with Gasteiger partial charge in [-0.2, -0.15) is 0 Å². The lowest BCUT2D eigenvalue weighted by molar-refractivity contribution is -0.734. The largest absolute Gasteiger partial charge is 0.508 e. The molecule has 0 amide bonds. The number of nitrogens with zero attached hydrogens (tertiary/aromatic N) is 3. The van der Waals surface area contributed by atoms with Gasteiger partial charge in [0, 0.05) is 24.6 Å². The van der Waals surface area contributed by atoms with Crippen molar-refractivity contribution >= 4 is 34.2 Å². The van der Waals surface area contributed by atoms with Crippen molar-refractivity contribution < 1.29 is 14.2 Å². The normalized spacial score (nSPS) is 23.2. The number of halogens is 2. The molecule has 2 fully saturated rings. The van der Waals surface area contributed by atoms with Crippen molar-refractivity contribution in [2.24, 2.45) is 5.92 Å². The third kappa shape index (κ3) is 5.90. The van der Waals surface area contributed by atoms with Gasteiger partial charge >= 0.3 is 0 Å². The standard InChI is InChI=1S/C21H32Cl2N4O3S/c1-21(2,3)31(30)24-20(16-11-17(22)18(23)12-19(16)28)14-5-9-26(10-6-14)27(29)15-7-8-25(4)13-15/h11-12,14-15,20,24H,5-10,13H2,1-4H3/p+1/t15-,20-,31?/m1/s1. The molecule has 2 N–H and O–H groups in total. The number of likely N-dealkylation sites (tertiary alicyclic amines) is 1. The van der Waals surface area contributed by atoms with Crippen LogP contribution < -0.4 is 4.72 Å². The lowest BCUT2D eigenvalue weighted by atomic mass is 9.86. The molecule has 3 rings (SSSR count). The van der Waals surface area contributed by atoms with Crippen LogP contribution in [0, 0.1) is 10.8 Å². The first-order chi connectivity index (χ1) is 14.5. The van der Waals surface area contributed by atoms with E-state index in [-0.39, 0.29) is 28.8 Å². The van der Waals surface area contributed by atoms with Crippen LogP contribution in [0.5, 0.6) is 5.75 Å². The Balaban J connectivity index is 1.77. The third-order valence-corrected chi connectivity index (χ3v) is 8.44. The Bertz CT molecular complexity index is 841. The summed E-state index contributed by atoms with van der Waals surface area (Å²) in [7, 11) is 0.695. The second kappa shape index (κ2) is 9.91. The van der Waals surface area contributed by atoms with Crippen molar-refractivity contribution in [3.63, 3.8) is 0 Å². The highest BCUT2D eigenvalue weighted by Gasteiger charge is 2.40. The molecule has 0 aliphatic carbocycles. The Morgan fingerprint density at radius 1 is 1.16 bits per heavy atom. The first-order valence-electron chi connectivity index (χ1n) is 10.7. The first-order valence-corrected chi connectivity index (χ1v) is 12.6. The molecule has 2 heterocycles. The molecule has 0 bridgehead atoms. The van der Waals surface area contributed by atoms with Crippen LogP contribution in [-0.4, -0.2) is 68.1 Å². The summed E-state index contributed by atoms with van der Waals surface area (Å²) in [6.07, 6.45) is 2.35. The second-order valence-corrected chi connectivity index (χ2v) is 12.4. The lowest BCUT2D eigenvalue weighted by Crippen LogP contribution is -2.47. The van der Waals surface area contributed by atoms with Crippen LogP contribution in [0.4, 0.5) is 0 Å². The number of benzene rings is 1. The van der Waals surface area contributed by atoms with E-state index in [1.165, 1.54) is 6.07 Å². The SMILES string of the molecule is CN1CC[C@@H]([N+](=O)N2CCC([C@@H](NS(=O)C(C)(C)C)c3cc(Cl)c(Cl)cc3O)CC2)C1. The summed E-state index contributed by atoms with van der Waals surface area (Å²) >= 11 is 12.3. The fourth-order valence-electron chi connectivity index (χ4n) is 4.25. The van der Waals surface area contributed by atoms with Crippen LogP contribution in [-0.2, 0) is 11.0 Å². The fraction of sp³-hybridized carbons (Fsp3) is 0.714. The zero-order valence-electron chi connectivity index (χ0n) is 18.6. The van der Waals surface area contributed by atoms with Crippen molar-refractivity contribution in [3.8, 4) is 5.75 Å². The number of piperidine rings is 1. The van der Waals surface area contributed by atoms with Gasteiger partial charge in [-0.25, -0.2) is 8.93 Å². The van der Waals surface area contributed by atoms with E-state index in [4.69, 9.17) is 23.2 Å². The highest BCUT2D eigenvalue weighted by Crippen LogP contribution is 2.40. The van der Waals surface area contributed by atoms with E-state index in [0.29, 0.717) is 23.7 Å². The van der Waals surface area contributed by atoms with Gasteiger partial charge < -0.3 is 5.11 Å². The van der Waals surface area contributed by atoms with Crippen LogP contribution >= 0.6 is 23.2 Å². The Morgan fingerprint density at radius 3 is 2.32 bits per heavy atom. The minimum atomic E-state index is -1.34. The van der Waals surface area contributed by atoms with Gasteiger partial charge in [-0.05, 0) is 52.6 Å². The van der Waals surface area contributed by atoms with Crippen molar-refractivity contribution in [1.29, 1.82) is 0 Å². The molecule has 3 atom stereocenters.